The van der Waals surface area contributed by atoms with Crippen molar-refractivity contribution >= 4 is 46.1 Å². The number of halogens is 2. The van der Waals surface area contributed by atoms with Gasteiger partial charge in [-0.05, 0) is 29.5 Å². The van der Waals surface area contributed by atoms with Crippen LogP contribution in [-0.4, -0.2) is 5.91 Å². The zero-order chi connectivity index (χ0) is 13.0. The van der Waals surface area contributed by atoms with Crippen LogP contribution in [0, 0.1) is 0 Å². The van der Waals surface area contributed by atoms with Gasteiger partial charge >= 0.3 is 0 Å². The first-order chi connectivity index (χ1) is 8.66. The molecule has 1 amide bonds. The molecule has 0 bridgehead atoms. The number of benzene rings is 1. The zero-order valence-electron chi connectivity index (χ0n) is 9.45. The summed E-state index contributed by atoms with van der Waals surface area (Å²) in [5, 5.41) is 7.69. The minimum absolute atomic E-state index is 0.0237. The predicted octanol–water partition coefficient (Wildman–Crippen LogP) is 4.63. The maximum absolute atomic E-state index is 11.7. The van der Waals surface area contributed by atoms with E-state index >= 15 is 0 Å². The van der Waals surface area contributed by atoms with Crippen LogP contribution in [0.5, 0.6) is 0 Å². The van der Waals surface area contributed by atoms with Gasteiger partial charge in [0.1, 0.15) is 0 Å². The third kappa shape index (κ3) is 3.48. The Bertz CT molecular complexity index is 540. The molecule has 1 aromatic carbocycles. The van der Waals surface area contributed by atoms with Gasteiger partial charge in [-0.3, -0.25) is 4.79 Å². The summed E-state index contributed by atoms with van der Waals surface area (Å²) < 4.78 is 0. The number of hydrogen-bond donors (Lipinski definition) is 1. The van der Waals surface area contributed by atoms with Gasteiger partial charge in [-0.1, -0.05) is 35.3 Å². The number of nitrogens with one attached hydrogen (secondary N) is 1. The SMILES string of the molecule is O=C(CCc1cccc(Cl)c1Cl)Nc1ccsc1. The summed E-state index contributed by atoms with van der Waals surface area (Å²) in [6.07, 6.45) is 0.964. The maximum Gasteiger partial charge on any atom is 0.224 e. The van der Waals surface area contributed by atoms with Gasteiger partial charge < -0.3 is 5.32 Å². The first kappa shape index (κ1) is 13.4. The Kier molecular flexibility index (Phi) is 4.64. The van der Waals surface area contributed by atoms with Crippen molar-refractivity contribution in [3.63, 3.8) is 0 Å². The quantitative estimate of drug-likeness (QED) is 0.876. The highest BCUT2D eigenvalue weighted by molar-refractivity contribution is 7.08. The van der Waals surface area contributed by atoms with Crippen molar-refractivity contribution in [3.8, 4) is 0 Å². The standard InChI is InChI=1S/C13H11Cl2NOS/c14-11-3-1-2-9(13(11)15)4-5-12(17)16-10-6-7-18-8-10/h1-3,6-8H,4-5H2,(H,16,17). The molecule has 94 valence electrons. The molecule has 0 aliphatic heterocycles. The third-order valence-electron chi connectivity index (χ3n) is 2.46. The molecule has 2 nitrogen and oxygen atoms in total. The van der Waals surface area contributed by atoms with E-state index in [4.69, 9.17) is 23.2 Å². The van der Waals surface area contributed by atoms with Crippen LogP contribution in [0.4, 0.5) is 5.69 Å². The predicted molar refractivity (Wildman–Crippen MR) is 77.7 cm³/mol. The van der Waals surface area contributed by atoms with Gasteiger partial charge in [-0.25, -0.2) is 0 Å². The summed E-state index contributed by atoms with van der Waals surface area (Å²) in [6, 6.07) is 7.32. The third-order valence-corrected chi connectivity index (χ3v) is 4.00. The molecule has 2 aromatic rings. The second kappa shape index (κ2) is 6.23. The first-order valence-corrected chi connectivity index (χ1v) is 7.11. The Labute approximate surface area is 120 Å². The largest absolute Gasteiger partial charge is 0.325 e. The number of amides is 1. The molecule has 1 N–H and O–H groups in total. The number of carbonyl (C=O) groups is 1. The van der Waals surface area contributed by atoms with Crippen LogP contribution in [0.3, 0.4) is 0 Å². The molecule has 0 spiro atoms. The van der Waals surface area contributed by atoms with E-state index in [9.17, 15) is 4.79 Å². The second-order valence-electron chi connectivity index (χ2n) is 3.77. The summed E-state index contributed by atoms with van der Waals surface area (Å²) in [5.74, 6) is -0.0237. The van der Waals surface area contributed by atoms with Crippen LogP contribution < -0.4 is 5.32 Å². The molecule has 1 aromatic heterocycles. The van der Waals surface area contributed by atoms with Crippen LogP contribution in [0.1, 0.15) is 12.0 Å². The molecule has 0 aliphatic carbocycles. The van der Waals surface area contributed by atoms with Gasteiger partial charge in [0, 0.05) is 11.8 Å². The minimum Gasteiger partial charge on any atom is -0.325 e. The lowest BCUT2D eigenvalue weighted by molar-refractivity contribution is -0.116. The number of aryl methyl sites for hydroxylation is 1. The Morgan fingerprint density at radius 2 is 2.11 bits per heavy atom. The molecule has 0 saturated carbocycles. The molecule has 1 heterocycles. The summed E-state index contributed by atoms with van der Waals surface area (Å²) in [6.45, 7) is 0. The second-order valence-corrected chi connectivity index (χ2v) is 5.34. The van der Waals surface area contributed by atoms with Crippen molar-refractivity contribution in [1.29, 1.82) is 0 Å². The molecule has 0 saturated heterocycles. The number of rotatable bonds is 4. The highest BCUT2D eigenvalue weighted by Gasteiger charge is 2.07. The van der Waals surface area contributed by atoms with Gasteiger partial charge in [-0.2, -0.15) is 11.3 Å². The molecule has 2 rings (SSSR count). The monoisotopic (exact) mass is 299 g/mol. The number of carbonyl (C=O) groups excluding carboxylic acids is 1. The van der Waals surface area contributed by atoms with E-state index in [-0.39, 0.29) is 5.91 Å². The van der Waals surface area contributed by atoms with Gasteiger partial charge in [-0.15, -0.1) is 0 Å². The van der Waals surface area contributed by atoms with E-state index < -0.39 is 0 Å². The summed E-state index contributed by atoms with van der Waals surface area (Å²) in [5.41, 5.74) is 1.73. The van der Waals surface area contributed by atoms with E-state index in [2.05, 4.69) is 5.32 Å². The van der Waals surface area contributed by atoms with Crippen LogP contribution in [-0.2, 0) is 11.2 Å². The van der Waals surface area contributed by atoms with Crippen LogP contribution in [0.15, 0.2) is 35.0 Å². The van der Waals surface area contributed by atoms with Crippen molar-refractivity contribution in [2.45, 2.75) is 12.8 Å². The van der Waals surface area contributed by atoms with Gasteiger partial charge in [0.2, 0.25) is 5.91 Å². The van der Waals surface area contributed by atoms with Crippen molar-refractivity contribution in [2.75, 3.05) is 5.32 Å². The fourth-order valence-corrected chi connectivity index (χ4v) is 2.55. The molecule has 5 heteroatoms. The van der Waals surface area contributed by atoms with Crippen molar-refractivity contribution in [1.82, 2.24) is 0 Å². The molecule has 0 fully saturated rings. The Morgan fingerprint density at radius 1 is 1.28 bits per heavy atom. The van der Waals surface area contributed by atoms with E-state index in [1.807, 2.05) is 29.0 Å². The van der Waals surface area contributed by atoms with Gasteiger partial charge in [0.25, 0.3) is 0 Å². The summed E-state index contributed by atoms with van der Waals surface area (Å²) in [4.78, 5) is 11.7. The number of thiophene rings is 1. The topological polar surface area (TPSA) is 29.1 Å². The van der Waals surface area contributed by atoms with Gasteiger partial charge in [0.05, 0.1) is 15.7 Å². The normalized spacial score (nSPS) is 10.3. The van der Waals surface area contributed by atoms with Crippen LogP contribution in [0.25, 0.3) is 0 Å². The van der Waals surface area contributed by atoms with Crippen LogP contribution >= 0.6 is 34.5 Å². The number of hydrogen-bond acceptors (Lipinski definition) is 2. The van der Waals surface area contributed by atoms with E-state index in [1.54, 1.807) is 17.4 Å². The molecular weight excluding hydrogens is 289 g/mol. The lowest BCUT2D eigenvalue weighted by atomic mass is 10.1. The van der Waals surface area contributed by atoms with Gasteiger partial charge in [0.15, 0.2) is 0 Å². The minimum atomic E-state index is -0.0237. The average Bonchev–Trinajstić information content (AvgIpc) is 2.84. The Hall–Kier alpha value is -1.03. The van der Waals surface area contributed by atoms with E-state index in [0.29, 0.717) is 22.9 Å². The fraction of sp³-hybridized carbons (Fsp3) is 0.154. The summed E-state index contributed by atoms with van der Waals surface area (Å²) in [7, 11) is 0. The molecule has 0 unspecified atom stereocenters. The lowest BCUT2D eigenvalue weighted by Crippen LogP contribution is -2.11. The molecule has 0 atom stereocenters. The van der Waals surface area contributed by atoms with E-state index in [1.165, 1.54) is 0 Å². The number of anilines is 1. The average molecular weight is 300 g/mol. The highest BCUT2D eigenvalue weighted by atomic mass is 35.5. The van der Waals surface area contributed by atoms with Crippen molar-refractivity contribution in [2.24, 2.45) is 0 Å². The fourth-order valence-electron chi connectivity index (χ4n) is 1.55. The Balaban J connectivity index is 1.91. The highest BCUT2D eigenvalue weighted by Crippen LogP contribution is 2.26. The molecular formula is C13H11Cl2NOS. The molecule has 0 aliphatic rings. The Morgan fingerprint density at radius 3 is 2.83 bits per heavy atom. The van der Waals surface area contributed by atoms with E-state index in [0.717, 1.165) is 11.3 Å². The van der Waals surface area contributed by atoms with Crippen molar-refractivity contribution < 1.29 is 4.79 Å². The summed E-state index contributed by atoms with van der Waals surface area (Å²) >= 11 is 13.5. The lowest BCUT2D eigenvalue weighted by Gasteiger charge is -2.06. The zero-order valence-corrected chi connectivity index (χ0v) is 11.8. The molecule has 18 heavy (non-hydrogen) atoms. The van der Waals surface area contributed by atoms with Crippen LogP contribution in [0.2, 0.25) is 10.0 Å². The smallest absolute Gasteiger partial charge is 0.224 e. The first-order valence-electron chi connectivity index (χ1n) is 5.42. The molecule has 0 radical (unpaired) electrons. The maximum atomic E-state index is 11.7. The van der Waals surface area contributed by atoms with Crippen molar-refractivity contribution in [3.05, 3.63) is 50.6 Å².